The van der Waals surface area contributed by atoms with Gasteiger partial charge in [0.05, 0.1) is 13.2 Å². The summed E-state index contributed by atoms with van der Waals surface area (Å²) in [5.41, 5.74) is -0.363. The molecule has 2 heteroatoms. The molecule has 2 nitrogen and oxygen atoms in total. The smallest absolute Gasteiger partial charge is 0.0514 e. The number of rotatable bonds is 3. The van der Waals surface area contributed by atoms with Crippen LogP contribution in [0.3, 0.4) is 0 Å². The maximum atomic E-state index is 9.15. The maximum absolute atomic E-state index is 9.15. The lowest BCUT2D eigenvalue weighted by Crippen LogP contribution is -2.41. The first-order chi connectivity index (χ1) is 4.93. The molecule has 0 heterocycles. The molecule has 0 fully saturated rings. The van der Waals surface area contributed by atoms with Gasteiger partial charge in [-0.2, -0.15) is 0 Å². The lowest BCUT2D eigenvalue weighted by atomic mass is 9.66. The van der Waals surface area contributed by atoms with Gasteiger partial charge in [0.2, 0.25) is 0 Å². The van der Waals surface area contributed by atoms with Crippen molar-refractivity contribution in [2.24, 2.45) is 10.8 Å². The lowest BCUT2D eigenvalue weighted by Gasteiger charge is -2.41. The van der Waals surface area contributed by atoms with Gasteiger partial charge < -0.3 is 10.2 Å². The Labute approximate surface area is 69.2 Å². The minimum Gasteiger partial charge on any atom is -0.396 e. The van der Waals surface area contributed by atoms with Gasteiger partial charge in [-0.1, -0.05) is 27.7 Å². The molecular formula is C9H20O2. The van der Waals surface area contributed by atoms with Gasteiger partial charge in [-0.3, -0.25) is 0 Å². The maximum Gasteiger partial charge on any atom is 0.0514 e. The SMILES string of the molecule is CCC(CO)(CO)C(C)(C)C. The van der Waals surface area contributed by atoms with Crippen molar-refractivity contribution in [2.45, 2.75) is 34.1 Å². The van der Waals surface area contributed by atoms with Crippen LogP contribution in [0.5, 0.6) is 0 Å². The molecule has 0 aromatic rings. The van der Waals surface area contributed by atoms with Crippen molar-refractivity contribution in [1.82, 2.24) is 0 Å². The summed E-state index contributed by atoms with van der Waals surface area (Å²) in [6.07, 6.45) is 0.809. The summed E-state index contributed by atoms with van der Waals surface area (Å²) in [5, 5.41) is 18.3. The fourth-order valence-electron chi connectivity index (χ4n) is 1.28. The van der Waals surface area contributed by atoms with Crippen molar-refractivity contribution in [2.75, 3.05) is 13.2 Å². The second-order valence-electron chi connectivity index (χ2n) is 4.20. The van der Waals surface area contributed by atoms with Crippen molar-refractivity contribution in [3.63, 3.8) is 0 Å². The fraction of sp³-hybridized carbons (Fsp3) is 1.00. The molecule has 0 aliphatic rings. The highest BCUT2D eigenvalue weighted by Gasteiger charge is 2.39. The molecule has 2 N–H and O–H groups in total. The first kappa shape index (κ1) is 10.9. The summed E-state index contributed by atoms with van der Waals surface area (Å²) in [7, 11) is 0. The first-order valence-corrected chi connectivity index (χ1v) is 4.15. The molecule has 0 rings (SSSR count). The lowest BCUT2D eigenvalue weighted by molar-refractivity contribution is -0.0356. The second-order valence-corrected chi connectivity index (χ2v) is 4.20. The Morgan fingerprint density at radius 2 is 1.36 bits per heavy atom. The van der Waals surface area contributed by atoms with Crippen LogP contribution in [0.2, 0.25) is 0 Å². The molecule has 0 aromatic carbocycles. The van der Waals surface area contributed by atoms with Crippen LogP contribution in [0.15, 0.2) is 0 Å². The molecule has 11 heavy (non-hydrogen) atoms. The van der Waals surface area contributed by atoms with E-state index in [0.29, 0.717) is 0 Å². The van der Waals surface area contributed by atoms with E-state index in [-0.39, 0.29) is 24.0 Å². The Kier molecular flexibility index (Phi) is 3.52. The van der Waals surface area contributed by atoms with Crippen molar-refractivity contribution < 1.29 is 10.2 Å². The van der Waals surface area contributed by atoms with Gasteiger partial charge in [-0.25, -0.2) is 0 Å². The van der Waals surface area contributed by atoms with Gasteiger partial charge in [-0.05, 0) is 11.8 Å². The van der Waals surface area contributed by atoms with Crippen LogP contribution in [0.25, 0.3) is 0 Å². The molecule has 0 amide bonds. The van der Waals surface area contributed by atoms with Gasteiger partial charge in [-0.15, -0.1) is 0 Å². The summed E-state index contributed by atoms with van der Waals surface area (Å²) >= 11 is 0. The summed E-state index contributed by atoms with van der Waals surface area (Å²) in [6, 6.07) is 0. The van der Waals surface area contributed by atoms with Crippen LogP contribution in [0.1, 0.15) is 34.1 Å². The van der Waals surface area contributed by atoms with Crippen LogP contribution in [0, 0.1) is 10.8 Å². The van der Waals surface area contributed by atoms with Crippen molar-refractivity contribution >= 4 is 0 Å². The van der Waals surface area contributed by atoms with E-state index in [2.05, 4.69) is 0 Å². The van der Waals surface area contributed by atoms with Gasteiger partial charge in [0.15, 0.2) is 0 Å². The van der Waals surface area contributed by atoms with E-state index in [4.69, 9.17) is 10.2 Å². The zero-order chi connectivity index (χ0) is 9.12. The van der Waals surface area contributed by atoms with E-state index in [9.17, 15) is 0 Å². The van der Waals surface area contributed by atoms with E-state index in [1.54, 1.807) is 0 Å². The number of aliphatic hydroxyl groups is 2. The molecule has 0 atom stereocenters. The summed E-state index contributed by atoms with van der Waals surface area (Å²) in [5.74, 6) is 0. The van der Waals surface area contributed by atoms with E-state index >= 15 is 0 Å². The standard InChI is InChI=1S/C9H20O2/c1-5-9(6-10,7-11)8(2,3)4/h10-11H,5-7H2,1-4H3. The Bertz CT molecular complexity index is 101. The predicted molar refractivity (Wildman–Crippen MR) is 46.4 cm³/mol. The Morgan fingerprint density at radius 1 is 1.00 bits per heavy atom. The zero-order valence-corrected chi connectivity index (χ0v) is 8.02. The molecule has 68 valence electrons. The van der Waals surface area contributed by atoms with Crippen LogP contribution in [-0.4, -0.2) is 23.4 Å². The molecule has 0 saturated carbocycles. The third-order valence-electron chi connectivity index (χ3n) is 2.87. The summed E-state index contributed by atoms with van der Waals surface area (Å²) in [4.78, 5) is 0. The minimum absolute atomic E-state index is 0.0365. The average Bonchev–Trinajstić information content (AvgIpc) is 1.90. The second kappa shape index (κ2) is 3.55. The van der Waals surface area contributed by atoms with Crippen LogP contribution >= 0.6 is 0 Å². The number of hydrogen-bond acceptors (Lipinski definition) is 2. The zero-order valence-electron chi connectivity index (χ0n) is 8.02. The largest absolute Gasteiger partial charge is 0.396 e. The van der Waals surface area contributed by atoms with Gasteiger partial charge in [0.1, 0.15) is 0 Å². The third kappa shape index (κ3) is 1.94. The highest BCUT2D eigenvalue weighted by atomic mass is 16.3. The van der Waals surface area contributed by atoms with E-state index in [1.165, 1.54) is 0 Å². The van der Waals surface area contributed by atoms with Crippen LogP contribution < -0.4 is 0 Å². The average molecular weight is 160 g/mol. The molecule has 0 bridgehead atoms. The highest BCUT2D eigenvalue weighted by Crippen LogP contribution is 2.40. The number of aliphatic hydroxyl groups excluding tert-OH is 2. The summed E-state index contributed by atoms with van der Waals surface area (Å²) < 4.78 is 0. The van der Waals surface area contributed by atoms with Crippen LogP contribution in [0.4, 0.5) is 0 Å². The van der Waals surface area contributed by atoms with E-state index in [1.807, 2.05) is 27.7 Å². The number of hydrogen-bond donors (Lipinski definition) is 2. The van der Waals surface area contributed by atoms with Gasteiger partial charge in [0, 0.05) is 5.41 Å². The topological polar surface area (TPSA) is 40.5 Å². The Balaban J connectivity index is 4.54. The normalized spacial score (nSPS) is 13.6. The minimum atomic E-state index is -0.326. The molecule has 0 unspecified atom stereocenters. The highest BCUT2D eigenvalue weighted by molar-refractivity contribution is 4.88. The molecule has 0 aliphatic carbocycles. The molecular weight excluding hydrogens is 140 g/mol. The van der Waals surface area contributed by atoms with Crippen molar-refractivity contribution in [3.05, 3.63) is 0 Å². The van der Waals surface area contributed by atoms with Gasteiger partial charge in [0.25, 0.3) is 0 Å². The van der Waals surface area contributed by atoms with Gasteiger partial charge >= 0.3 is 0 Å². The molecule has 0 aromatic heterocycles. The first-order valence-electron chi connectivity index (χ1n) is 4.15. The monoisotopic (exact) mass is 160 g/mol. The summed E-state index contributed by atoms with van der Waals surface area (Å²) in [6.45, 7) is 8.25. The van der Waals surface area contributed by atoms with Crippen LogP contribution in [-0.2, 0) is 0 Å². The van der Waals surface area contributed by atoms with E-state index in [0.717, 1.165) is 6.42 Å². The van der Waals surface area contributed by atoms with Crippen molar-refractivity contribution in [1.29, 1.82) is 0 Å². The molecule has 0 aliphatic heterocycles. The predicted octanol–water partition coefficient (Wildman–Crippen LogP) is 1.41. The van der Waals surface area contributed by atoms with E-state index < -0.39 is 0 Å². The third-order valence-corrected chi connectivity index (χ3v) is 2.87. The Morgan fingerprint density at radius 3 is 1.36 bits per heavy atom. The fourth-order valence-corrected chi connectivity index (χ4v) is 1.28. The molecule has 0 radical (unpaired) electrons. The van der Waals surface area contributed by atoms with Crippen molar-refractivity contribution in [3.8, 4) is 0 Å². The Hall–Kier alpha value is -0.0800. The molecule has 0 spiro atoms. The molecule has 0 saturated heterocycles. The quantitative estimate of drug-likeness (QED) is 0.655.